The molecule has 24 heavy (non-hydrogen) atoms. The van der Waals surface area contributed by atoms with Crippen LogP contribution in [0.25, 0.3) is 0 Å². The highest BCUT2D eigenvalue weighted by Crippen LogP contribution is 2.16. The van der Waals surface area contributed by atoms with E-state index in [0.29, 0.717) is 11.4 Å². The van der Waals surface area contributed by atoms with Gasteiger partial charge in [0.15, 0.2) is 5.82 Å². The van der Waals surface area contributed by atoms with Crippen molar-refractivity contribution >= 4 is 11.6 Å². The quantitative estimate of drug-likeness (QED) is 0.766. The number of amides is 1. The molecule has 130 valence electrons. The number of rotatable bonds is 8. The Balaban J connectivity index is 2.03. The minimum atomic E-state index is -0.586. The minimum absolute atomic E-state index is 0.240. The molecule has 0 fully saturated rings. The van der Waals surface area contributed by atoms with Gasteiger partial charge in [0.1, 0.15) is 12.4 Å². The number of nitrogens with one attached hydrogen (secondary N) is 1. The molecule has 0 bridgehead atoms. The highest BCUT2D eigenvalue weighted by molar-refractivity contribution is 5.94. The molecule has 1 aromatic heterocycles. The van der Waals surface area contributed by atoms with Crippen molar-refractivity contribution in [2.24, 2.45) is 7.05 Å². The molecule has 2 N–H and O–H groups in total. The number of benzene rings is 1. The SMILES string of the molecule is CCCCN(C)c1ccc(C(=O)NC(CO)c2nncn2C)cc1. The maximum absolute atomic E-state index is 12.4. The summed E-state index contributed by atoms with van der Waals surface area (Å²) in [4.78, 5) is 14.5. The van der Waals surface area contributed by atoms with E-state index in [2.05, 4.69) is 27.3 Å². The fourth-order valence-electron chi connectivity index (χ4n) is 2.43. The Labute approximate surface area is 142 Å². The Morgan fingerprint density at radius 3 is 2.62 bits per heavy atom. The van der Waals surface area contributed by atoms with Crippen molar-refractivity contribution in [1.29, 1.82) is 0 Å². The third-order valence-corrected chi connectivity index (χ3v) is 3.96. The van der Waals surface area contributed by atoms with Gasteiger partial charge in [-0.05, 0) is 30.7 Å². The summed E-state index contributed by atoms with van der Waals surface area (Å²) in [6, 6.07) is 6.86. The molecule has 0 radical (unpaired) electrons. The van der Waals surface area contributed by atoms with Gasteiger partial charge in [0.25, 0.3) is 5.91 Å². The molecule has 2 rings (SSSR count). The maximum Gasteiger partial charge on any atom is 0.251 e. The number of aliphatic hydroxyl groups is 1. The molecule has 0 saturated carbocycles. The molecule has 1 unspecified atom stereocenters. The molecule has 0 aliphatic rings. The van der Waals surface area contributed by atoms with E-state index in [-0.39, 0.29) is 12.5 Å². The van der Waals surface area contributed by atoms with E-state index >= 15 is 0 Å². The van der Waals surface area contributed by atoms with Crippen LogP contribution in [-0.2, 0) is 7.05 Å². The van der Waals surface area contributed by atoms with Crippen LogP contribution in [0, 0.1) is 0 Å². The van der Waals surface area contributed by atoms with Gasteiger partial charge in [-0.15, -0.1) is 10.2 Å². The number of aliphatic hydroxyl groups excluding tert-OH is 1. The van der Waals surface area contributed by atoms with Crippen LogP contribution in [0.15, 0.2) is 30.6 Å². The van der Waals surface area contributed by atoms with Crippen molar-refractivity contribution in [2.75, 3.05) is 25.1 Å². The van der Waals surface area contributed by atoms with E-state index in [0.717, 1.165) is 25.1 Å². The number of carbonyl (C=O) groups is 1. The van der Waals surface area contributed by atoms with Crippen molar-refractivity contribution in [3.63, 3.8) is 0 Å². The van der Waals surface area contributed by atoms with Gasteiger partial charge >= 0.3 is 0 Å². The van der Waals surface area contributed by atoms with Crippen LogP contribution >= 0.6 is 0 Å². The second kappa shape index (κ2) is 8.44. The molecule has 0 aliphatic heterocycles. The summed E-state index contributed by atoms with van der Waals surface area (Å²) in [7, 11) is 3.81. The van der Waals surface area contributed by atoms with Crippen LogP contribution in [-0.4, -0.2) is 46.0 Å². The number of unbranched alkanes of at least 4 members (excludes halogenated alkanes) is 1. The number of aromatic nitrogens is 3. The lowest BCUT2D eigenvalue weighted by Crippen LogP contribution is -2.32. The first kappa shape index (κ1) is 17.9. The second-order valence-corrected chi connectivity index (χ2v) is 5.83. The van der Waals surface area contributed by atoms with Crippen molar-refractivity contribution in [2.45, 2.75) is 25.8 Å². The van der Waals surface area contributed by atoms with Crippen LogP contribution < -0.4 is 10.2 Å². The number of carbonyl (C=O) groups excluding carboxylic acids is 1. The highest BCUT2D eigenvalue weighted by Gasteiger charge is 2.19. The lowest BCUT2D eigenvalue weighted by atomic mass is 10.1. The Bertz CT molecular complexity index is 653. The summed E-state index contributed by atoms with van der Waals surface area (Å²) >= 11 is 0. The number of nitrogens with zero attached hydrogens (tertiary/aromatic N) is 4. The van der Waals surface area contributed by atoms with Crippen molar-refractivity contribution in [1.82, 2.24) is 20.1 Å². The topological polar surface area (TPSA) is 83.3 Å². The minimum Gasteiger partial charge on any atom is -0.394 e. The molecule has 0 spiro atoms. The third kappa shape index (κ3) is 4.32. The first-order valence-corrected chi connectivity index (χ1v) is 8.13. The van der Waals surface area contributed by atoms with Gasteiger partial charge in [0.05, 0.1) is 6.61 Å². The molecule has 7 heteroatoms. The second-order valence-electron chi connectivity index (χ2n) is 5.83. The number of anilines is 1. The largest absolute Gasteiger partial charge is 0.394 e. The maximum atomic E-state index is 12.4. The summed E-state index contributed by atoms with van der Waals surface area (Å²) < 4.78 is 1.67. The lowest BCUT2D eigenvalue weighted by Gasteiger charge is -2.19. The average molecular weight is 331 g/mol. The molecule has 7 nitrogen and oxygen atoms in total. The standard InChI is InChI=1S/C17H25N5O2/c1-4-5-10-21(2)14-8-6-13(7-9-14)17(24)19-15(11-23)16-20-18-12-22(16)3/h6-9,12,15,23H,4-5,10-11H2,1-3H3,(H,19,24). The zero-order valence-corrected chi connectivity index (χ0v) is 14.4. The van der Waals surface area contributed by atoms with Crippen LogP contribution in [0.1, 0.15) is 42.0 Å². The van der Waals surface area contributed by atoms with Gasteiger partial charge in [-0.1, -0.05) is 13.3 Å². The first-order valence-electron chi connectivity index (χ1n) is 8.13. The summed E-state index contributed by atoms with van der Waals surface area (Å²) in [5.41, 5.74) is 1.62. The van der Waals surface area contributed by atoms with Crippen molar-refractivity contribution < 1.29 is 9.90 Å². The van der Waals surface area contributed by atoms with Crippen LogP contribution in [0.3, 0.4) is 0 Å². The van der Waals surface area contributed by atoms with Gasteiger partial charge in [-0.2, -0.15) is 0 Å². The van der Waals surface area contributed by atoms with Gasteiger partial charge in [-0.25, -0.2) is 0 Å². The van der Waals surface area contributed by atoms with Gasteiger partial charge in [0.2, 0.25) is 0 Å². The van der Waals surface area contributed by atoms with Gasteiger partial charge in [-0.3, -0.25) is 4.79 Å². The molecular formula is C17H25N5O2. The Kier molecular flexibility index (Phi) is 6.31. The van der Waals surface area contributed by atoms with Crippen LogP contribution in [0.2, 0.25) is 0 Å². The number of hydrogen-bond acceptors (Lipinski definition) is 5. The van der Waals surface area contributed by atoms with E-state index in [9.17, 15) is 9.90 Å². The van der Waals surface area contributed by atoms with Gasteiger partial charge < -0.3 is 19.9 Å². The van der Waals surface area contributed by atoms with Gasteiger partial charge in [0, 0.05) is 31.9 Å². The summed E-state index contributed by atoms with van der Waals surface area (Å²) in [5.74, 6) is 0.265. The Hall–Kier alpha value is -2.41. The van der Waals surface area contributed by atoms with Crippen LogP contribution in [0.5, 0.6) is 0 Å². The molecule has 0 aliphatic carbocycles. The molecule has 1 amide bonds. The lowest BCUT2D eigenvalue weighted by molar-refractivity contribution is 0.0912. The first-order chi connectivity index (χ1) is 11.6. The summed E-state index contributed by atoms with van der Waals surface area (Å²) in [5, 5.41) is 20.0. The predicted molar refractivity (Wildman–Crippen MR) is 92.9 cm³/mol. The van der Waals surface area contributed by atoms with Crippen molar-refractivity contribution in [3.8, 4) is 0 Å². The fourth-order valence-corrected chi connectivity index (χ4v) is 2.43. The molecule has 2 aromatic rings. The van der Waals surface area contributed by atoms with E-state index in [1.165, 1.54) is 6.33 Å². The molecule has 1 atom stereocenters. The molecule has 1 heterocycles. The summed E-state index contributed by atoms with van der Waals surface area (Å²) in [6.45, 7) is 2.91. The normalized spacial score (nSPS) is 12.0. The Morgan fingerprint density at radius 1 is 1.38 bits per heavy atom. The molecular weight excluding hydrogens is 306 g/mol. The Morgan fingerprint density at radius 2 is 2.08 bits per heavy atom. The van der Waals surface area contributed by atoms with Crippen molar-refractivity contribution in [3.05, 3.63) is 42.0 Å². The van der Waals surface area contributed by atoms with E-state index in [1.807, 2.05) is 19.2 Å². The monoisotopic (exact) mass is 331 g/mol. The zero-order chi connectivity index (χ0) is 17.5. The highest BCUT2D eigenvalue weighted by atomic mass is 16.3. The number of aryl methyl sites for hydroxylation is 1. The number of hydrogen-bond donors (Lipinski definition) is 2. The smallest absolute Gasteiger partial charge is 0.251 e. The summed E-state index contributed by atoms with van der Waals surface area (Å²) in [6.07, 6.45) is 3.81. The third-order valence-electron chi connectivity index (χ3n) is 3.96. The van der Waals surface area contributed by atoms with E-state index in [4.69, 9.17) is 0 Å². The molecule has 1 aromatic carbocycles. The van der Waals surface area contributed by atoms with E-state index in [1.54, 1.807) is 23.7 Å². The molecule has 0 saturated heterocycles. The van der Waals surface area contributed by atoms with E-state index < -0.39 is 6.04 Å². The predicted octanol–water partition coefficient (Wildman–Crippen LogP) is 1.51. The zero-order valence-electron chi connectivity index (χ0n) is 14.4. The van der Waals surface area contributed by atoms with Crippen LogP contribution in [0.4, 0.5) is 5.69 Å². The fraction of sp³-hybridized carbons (Fsp3) is 0.471. The average Bonchev–Trinajstić information content (AvgIpc) is 3.03.